The van der Waals surface area contributed by atoms with E-state index in [0.717, 1.165) is 0 Å². The van der Waals surface area contributed by atoms with Crippen LogP contribution in [0.3, 0.4) is 0 Å². The standard InChI is InChI=1S/C14H16N2O5/c1-14(2)8(9(14)12(18)19)11(17)16-10-7(13(20)21-3)5-4-6-15-10/h4-6,8-9H,1-3H3,(H,18,19)(H,15,16,17)/t8-,9-/m1/s1. The minimum atomic E-state index is -1.01. The van der Waals surface area contributed by atoms with Crippen LogP contribution >= 0.6 is 0 Å². The van der Waals surface area contributed by atoms with E-state index in [1.165, 1.54) is 19.4 Å². The highest BCUT2D eigenvalue weighted by Crippen LogP contribution is 2.58. The molecule has 7 nitrogen and oxygen atoms in total. The van der Waals surface area contributed by atoms with E-state index in [1.54, 1.807) is 19.9 Å². The Morgan fingerprint density at radius 1 is 1.33 bits per heavy atom. The Morgan fingerprint density at radius 3 is 2.52 bits per heavy atom. The number of amides is 1. The number of nitrogens with zero attached hydrogens (tertiary/aromatic N) is 1. The first-order valence-electron chi connectivity index (χ1n) is 6.37. The number of carboxylic acid groups (broad SMARTS) is 1. The first kappa shape index (κ1) is 15.0. The van der Waals surface area contributed by atoms with Crippen molar-refractivity contribution in [2.75, 3.05) is 12.4 Å². The average molecular weight is 292 g/mol. The lowest BCUT2D eigenvalue weighted by Gasteiger charge is -2.08. The molecule has 1 heterocycles. The minimum Gasteiger partial charge on any atom is -0.481 e. The van der Waals surface area contributed by atoms with E-state index in [1.807, 2.05) is 0 Å². The van der Waals surface area contributed by atoms with E-state index in [0.29, 0.717) is 0 Å². The number of aliphatic carboxylic acids is 1. The van der Waals surface area contributed by atoms with Crippen LogP contribution in [0, 0.1) is 17.3 Å². The van der Waals surface area contributed by atoms with E-state index in [9.17, 15) is 14.4 Å². The van der Waals surface area contributed by atoms with Gasteiger partial charge in [0.2, 0.25) is 5.91 Å². The quantitative estimate of drug-likeness (QED) is 0.807. The molecule has 0 bridgehead atoms. The summed E-state index contributed by atoms with van der Waals surface area (Å²) in [5, 5.41) is 11.6. The van der Waals surface area contributed by atoms with Gasteiger partial charge in [-0.2, -0.15) is 0 Å². The molecular formula is C14H16N2O5. The average Bonchev–Trinajstić information content (AvgIpc) is 3.02. The minimum absolute atomic E-state index is 0.0705. The van der Waals surface area contributed by atoms with Crippen molar-refractivity contribution in [2.45, 2.75) is 13.8 Å². The number of rotatable bonds is 4. The van der Waals surface area contributed by atoms with Gasteiger partial charge >= 0.3 is 11.9 Å². The molecule has 0 spiro atoms. The number of pyridine rings is 1. The number of anilines is 1. The first-order chi connectivity index (χ1) is 9.80. The van der Waals surface area contributed by atoms with Crippen LogP contribution in [0.2, 0.25) is 0 Å². The summed E-state index contributed by atoms with van der Waals surface area (Å²) in [6.45, 7) is 3.44. The molecule has 0 unspecified atom stereocenters. The third-order valence-corrected chi connectivity index (χ3v) is 3.83. The molecule has 1 fully saturated rings. The molecule has 2 atom stereocenters. The number of hydrogen-bond acceptors (Lipinski definition) is 5. The molecule has 1 saturated carbocycles. The van der Waals surface area contributed by atoms with Crippen LogP contribution in [0.4, 0.5) is 5.82 Å². The Bertz CT molecular complexity index is 611. The third-order valence-electron chi connectivity index (χ3n) is 3.83. The fourth-order valence-electron chi connectivity index (χ4n) is 2.56. The Labute approximate surface area is 121 Å². The van der Waals surface area contributed by atoms with Crippen LogP contribution in [0.1, 0.15) is 24.2 Å². The van der Waals surface area contributed by atoms with Gasteiger partial charge in [0.15, 0.2) is 0 Å². The van der Waals surface area contributed by atoms with Crippen molar-refractivity contribution in [3.05, 3.63) is 23.9 Å². The van der Waals surface area contributed by atoms with Crippen molar-refractivity contribution < 1.29 is 24.2 Å². The van der Waals surface area contributed by atoms with Gasteiger partial charge in [0.25, 0.3) is 0 Å². The van der Waals surface area contributed by atoms with Gasteiger partial charge in [-0.1, -0.05) is 13.8 Å². The molecule has 0 radical (unpaired) electrons. The zero-order valence-corrected chi connectivity index (χ0v) is 11.9. The van der Waals surface area contributed by atoms with Gasteiger partial charge in [0, 0.05) is 6.20 Å². The number of aromatic nitrogens is 1. The Balaban J connectivity index is 2.19. The lowest BCUT2D eigenvalue weighted by atomic mass is 10.1. The van der Waals surface area contributed by atoms with Gasteiger partial charge in [-0.05, 0) is 17.5 Å². The summed E-state index contributed by atoms with van der Waals surface area (Å²) >= 11 is 0. The lowest BCUT2D eigenvalue weighted by Crippen LogP contribution is -2.20. The highest BCUT2D eigenvalue weighted by atomic mass is 16.5. The second-order valence-electron chi connectivity index (χ2n) is 5.50. The third kappa shape index (κ3) is 2.58. The van der Waals surface area contributed by atoms with E-state index >= 15 is 0 Å². The molecule has 0 saturated heterocycles. The van der Waals surface area contributed by atoms with E-state index in [2.05, 4.69) is 15.0 Å². The largest absolute Gasteiger partial charge is 0.481 e. The monoisotopic (exact) mass is 292 g/mol. The van der Waals surface area contributed by atoms with Gasteiger partial charge in [-0.15, -0.1) is 0 Å². The molecule has 1 aromatic heterocycles. The molecule has 1 aliphatic carbocycles. The highest BCUT2D eigenvalue weighted by molar-refractivity contribution is 6.03. The molecule has 2 N–H and O–H groups in total. The Morgan fingerprint density at radius 2 is 2.00 bits per heavy atom. The summed E-state index contributed by atoms with van der Waals surface area (Å²) in [5.41, 5.74) is -0.491. The number of hydrogen-bond donors (Lipinski definition) is 2. The van der Waals surface area contributed by atoms with E-state index in [4.69, 9.17) is 5.11 Å². The number of carboxylic acids is 1. The predicted octanol–water partition coefficient (Wildman–Crippen LogP) is 1.16. The van der Waals surface area contributed by atoms with Crippen LogP contribution in [0.15, 0.2) is 18.3 Å². The summed E-state index contributed by atoms with van der Waals surface area (Å²) in [6.07, 6.45) is 1.43. The molecule has 1 aromatic rings. The summed E-state index contributed by atoms with van der Waals surface area (Å²) in [7, 11) is 1.23. The van der Waals surface area contributed by atoms with Crippen LogP contribution in [0.5, 0.6) is 0 Å². The van der Waals surface area contributed by atoms with E-state index in [-0.39, 0.29) is 11.4 Å². The Hall–Kier alpha value is -2.44. The van der Waals surface area contributed by atoms with Gasteiger partial charge in [0.05, 0.1) is 18.9 Å². The molecule has 112 valence electrons. The molecule has 1 aliphatic rings. The van der Waals surface area contributed by atoms with Crippen molar-refractivity contribution >= 4 is 23.7 Å². The zero-order chi connectivity index (χ0) is 15.8. The molecule has 21 heavy (non-hydrogen) atoms. The maximum Gasteiger partial charge on any atom is 0.341 e. The van der Waals surface area contributed by atoms with Crippen LogP contribution in [0.25, 0.3) is 0 Å². The molecule has 2 rings (SSSR count). The van der Waals surface area contributed by atoms with Crippen molar-refractivity contribution in [3.63, 3.8) is 0 Å². The summed E-state index contributed by atoms with van der Waals surface area (Å²) in [5.74, 6) is -3.40. The maximum absolute atomic E-state index is 12.2. The number of carbonyl (C=O) groups is 3. The van der Waals surface area contributed by atoms with Gasteiger partial charge in [-0.25, -0.2) is 9.78 Å². The normalized spacial score (nSPS) is 22.2. The lowest BCUT2D eigenvalue weighted by molar-refractivity contribution is -0.140. The molecule has 7 heteroatoms. The molecule has 0 aromatic carbocycles. The number of methoxy groups -OCH3 is 1. The van der Waals surface area contributed by atoms with Crippen LogP contribution in [-0.4, -0.2) is 35.0 Å². The topological polar surface area (TPSA) is 106 Å². The first-order valence-corrected chi connectivity index (χ1v) is 6.37. The number of carbonyl (C=O) groups excluding carboxylic acids is 2. The van der Waals surface area contributed by atoms with Crippen molar-refractivity contribution in [2.24, 2.45) is 17.3 Å². The number of esters is 1. The molecular weight excluding hydrogens is 276 g/mol. The fraction of sp³-hybridized carbons (Fsp3) is 0.429. The van der Waals surface area contributed by atoms with Crippen LogP contribution < -0.4 is 5.32 Å². The highest BCUT2D eigenvalue weighted by Gasteiger charge is 2.66. The SMILES string of the molecule is COC(=O)c1cccnc1NC(=O)[C@H]1[C@H](C(=O)O)C1(C)C. The smallest absolute Gasteiger partial charge is 0.341 e. The summed E-state index contributed by atoms with van der Waals surface area (Å²) in [4.78, 5) is 38.8. The summed E-state index contributed by atoms with van der Waals surface area (Å²) in [6, 6.07) is 3.02. The fourth-order valence-corrected chi connectivity index (χ4v) is 2.56. The Kier molecular flexibility index (Phi) is 3.67. The maximum atomic E-state index is 12.2. The van der Waals surface area contributed by atoms with E-state index < -0.39 is 35.1 Å². The van der Waals surface area contributed by atoms with Crippen molar-refractivity contribution in [1.29, 1.82) is 0 Å². The zero-order valence-electron chi connectivity index (χ0n) is 11.9. The molecule has 1 amide bonds. The predicted molar refractivity (Wildman–Crippen MR) is 72.6 cm³/mol. The van der Waals surface area contributed by atoms with Crippen molar-refractivity contribution in [1.82, 2.24) is 4.98 Å². The van der Waals surface area contributed by atoms with Gasteiger partial charge in [0.1, 0.15) is 11.4 Å². The molecule has 0 aliphatic heterocycles. The van der Waals surface area contributed by atoms with Gasteiger partial charge < -0.3 is 15.2 Å². The number of ether oxygens (including phenoxy) is 1. The van der Waals surface area contributed by atoms with Crippen molar-refractivity contribution in [3.8, 4) is 0 Å². The second kappa shape index (κ2) is 5.16. The van der Waals surface area contributed by atoms with Gasteiger partial charge in [-0.3, -0.25) is 9.59 Å². The second-order valence-corrected chi connectivity index (χ2v) is 5.50. The van der Waals surface area contributed by atoms with Crippen LogP contribution in [-0.2, 0) is 14.3 Å². The number of nitrogens with one attached hydrogen (secondary N) is 1. The summed E-state index contributed by atoms with van der Waals surface area (Å²) < 4.78 is 4.61.